The molecule has 0 saturated carbocycles. The molecule has 0 amide bonds. The maximum atomic E-state index is 9.26. The van der Waals surface area contributed by atoms with Gasteiger partial charge in [-0.25, -0.2) is 0 Å². The van der Waals surface area contributed by atoms with Gasteiger partial charge < -0.3 is 9.84 Å². The maximum Gasteiger partial charge on any atom is 0.118 e. The van der Waals surface area contributed by atoms with E-state index in [0.717, 1.165) is 11.1 Å². The Kier molecular flexibility index (Phi) is 4.18. The molecule has 0 aliphatic carbocycles. The van der Waals surface area contributed by atoms with Gasteiger partial charge in [-0.2, -0.15) is 0 Å². The predicted molar refractivity (Wildman–Crippen MR) is 55.7 cm³/mol. The molecular formula is C12H14O2. The fourth-order valence-electron chi connectivity index (χ4n) is 1.30. The van der Waals surface area contributed by atoms with Crippen LogP contribution in [-0.4, -0.2) is 18.3 Å². The molecule has 0 fully saturated rings. The molecule has 0 aliphatic rings. The first kappa shape index (κ1) is 10.8. The molecule has 0 radical (unpaired) electrons. The van der Waals surface area contributed by atoms with Crippen LogP contribution in [0.1, 0.15) is 11.1 Å². The van der Waals surface area contributed by atoms with Crippen LogP contribution in [0, 0.1) is 12.3 Å². The summed E-state index contributed by atoms with van der Waals surface area (Å²) in [6.07, 6.45) is 4.88. The van der Waals surface area contributed by atoms with Gasteiger partial charge in [0, 0.05) is 13.5 Å². The van der Waals surface area contributed by atoms with Gasteiger partial charge in [0.15, 0.2) is 0 Å². The van der Waals surface area contributed by atoms with Crippen LogP contribution in [0.15, 0.2) is 24.3 Å². The van der Waals surface area contributed by atoms with E-state index < -0.39 is 6.10 Å². The van der Waals surface area contributed by atoms with E-state index in [1.807, 2.05) is 24.3 Å². The summed E-state index contributed by atoms with van der Waals surface area (Å²) >= 11 is 0. The van der Waals surface area contributed by atoms with Crippen LogP contribution in [0.3, 0.4) is 0 Å². The Bertz CT molecular complexity index is 325. The van der Waals surface area contributed by atoms with Crippen LogP contribution >= 0.6 is 0 Å². The van der Waals surface area contributed by atoms with Gasteiger partial charge in [0.1, 0.15) is 6.10 Å². The Morgan fingerprint density at radius 1 is 1.50 bits per heavy atom. The van der Waals surface area contributed by atoms with E-state index in [-0.39, 0.29) is 0 Å². The minimum absolute atomic E-state index is 0.494. The first-order valence-electron chi connectivity index (χ1n) is 4.47. The first-order chi connectivity index (χ1) is 6.76. The topological polar surface area (TPSA) is 29.5 Å². The molecule has 2 heteroatoms. The van der Waals surface area contributed by atoms with Crippen LogP contribution in [0.4, 0.5) is 0 Å². The number of benzene rings is 1. The van der Waals surface area contributed by atoms with E-state index >= 15 is 0 Å². The highest BCUT2D eigenvalue weighted by Crippen LogP contribution is 2.08. The molecule has 74 valence electrons. The van der Waals surface area contributed by atoms with Gasteiger partial charge in [-0.3, -0.25) is 0 Å². The largest absolute Gasteiger partial charge is 0.380 e. The molecular weight excluding hydrogens is 176 g/mol. The van der Waals surface area contributed by atoms with Gasteiger partial charge in [-0.1, -0.05) is 30.2 Å². The second-order valence-corrected chi connectivity index (χ2v) is 3.14. The highest BCUT2D eigenvalue weighted by atomic mass is 16.5. The van der Waals surface area contributed by atoms with Crippen molar-refractivity contribution in [1.29, 1.82) is 0 Å². The van der Waals surface area contributed by atoms with Crippen molar-refractivity contribution in [2.75, 3.05) is 7.11 Å². The van der Waals surface area contributed by atoms with Gasteiger partial charge >= 0.3 is 0 Å². The lowest BCUT2D eigenvalue weighted by Crippen LogP contribution is -2.06. The second kappa shape index (κ2) is 5.43. The van der Waals surface area contributed by atoms with E-state index in [2.05, 4.69) is 5.92 Å². The van der Waals surface area contributed by atoms with Gasteiger partial charge in [-0.05, 0) is 11.1 Å². The molecule has 0 aromatic heterocycles. The summed E-state index contributed by atoms with van der Waals surface area (Å²) in [5, 5.41) is 9.26. The molecule has 0 bridgehead atoms. The van der Waals surface area contributed by atoms with E-state index in [0.29, 0.717) is 13.0 Å². The van der Waals surface area contributed by atoms with Gasteiger partial charge in [0.2, 0.25) is 0 Å². The number of ether oxygens (including phenoxy) is 1. The Morgan fingerprint density at radius 2 is 2.21 bits per heavy atom. The number of terminal acetylenes is 1. The van der Waals surface area contributed by atoms with Crippen molar-refractivity contribution in [3.05, 3.63) is 35.4 Å². The summed E-state index contributed by atoms with van der Waals surface area (Å²) in [6.45, 7) is 0.583. The summed E-state index contributed by atoms with van der Waals surface area (Å²) in [7, 11) is 1.66. The minimum Gasteiger partial charge on any atom is -0.380 e. The zero-order valence-electron chi connectivity index (χ0n) is 8.23. The third kappa shape index (κ3) is 3.21. The Morgan fingerprint density at radius 3 is 2.86 bits per heavy atom. The zero-order valence-corrected chi connectivity index (χ0v) is 8.23. The van der Waals surface area contributed by atoms with Crippen LogP contribution in [0.2, 0.25) is 0 Å². The number of aliphatic hydroxyl groups excluding tert-OH is 1. The lowest BCUT2D eigenvalue weighted by atomic mass is 10.1. The highest BCUT2D eigenvalue weighted by molar-refractivity contribution is 5.24. The lowest BCUT2D eigenvalue weighted by molar-refractivity contribution is 0.184. The van der Waals surface area contributed by atoms with Crippen molar-refractivity contribution in [2.45, 2.75) is 19.1 Å². The molecule has 0 aliphatic heterocycles. The summed E-state index contributed by atoms with van der Waals surface area (Å²) in [5.74, 6) is 2.29. The summed E-state index contributed by atoms with van der Waals surface area (Å²) < 4.78 is 5.01. The number of rotatable bonds is 4. The molecule has 14 heavy (non-hydrogen) atoms. The zero-order chi connectivity index (χ0) is 10.4. The van der Waals surface area contributed by atoms with Crippen LogP contribution in [0.5, 0.6) is 0 Å². The predicted octanol–water partition coefficient (Wildman–Crippen LogP) is 1.37. The molecule has 1 aromatic carbocycles. The molecule has 0 unspecified atom stereocenters. The van der Waals surface area contributed by atoms with Crippen molar-refractivity contribution in [1.82, 2.24) is 0 Å². The van der Waals surface area contributed by atoms with Crippen LogP contribution < -0.4 is 0 Å². The Labute approximate surface area is 84.5 Å². The second-order valence-electron chi connectivity index (χ2n) is 3.14. The highest BCUT2D eigenvalue weighted by Gasteiger charge is 2.01. The van der Waals surface area contributed by atoms with Gasteiger partial charge in [-0.15, -0.1) is 6.42 Å². The molecule has 0 saturated heterocycles. The lowest BCUT2D eigenvalue weighted by Gasteiger charge is -2.05. The normalized spacial score (nSPS) is 12.1. The summed E-state index contributed by atoms with van der Waals surface area (Å²) in [4.78, 5) is 0. The molecule has 1 atom stereocenters. The van der Waals surface area contributed by atoms with E-state index in [4.69, 9.17) is 11.2 Å². The third-order valence-corrected chi connectivity index (χ3v) is 1.92. The fourth-order valence-corrected chi connectivity index (χ4v) is 1.30. The molecule has 1 rings (SSSR count). The van der Waals surface area contributed by atoms with Crippen molar-refractivity contribution in [3.8, 4) is 12.3 Å². The number of hydrogen-bond donors (Lipinski definition) is 1. The molecule has 1 aromatic rings. The van der Waals surface area contributed by atoms with Crippen molar-refractivity contribution in [3.63, 3.8) is 0 Å². The van der Waals surface area contributed by atoms with E-state index in [1.165, 1.54) is 0 Å². The summed E-state index contributed by atoms with van der Waals surface area (Å²) in [5.41, 5.74) is 2.12. The first-order valence-corrected chi connectivity index (χ1v) is 4.47. The molecule has 0 heterocycles. The van der Waals surface area contributed by atoms with E-state index in [9.17, 15) is 5.11 Å². The standard InChI is InChI=1S/C12H14O2/c1-3-12(13)8-10-5-4-6-11(7-10)9-14-2/h1,4-7,12-13H,8-9H2,2H3/t12-/m1/s1. The maximum absolute atomic E-state index is 9.26. The average molecular weight is 190 g/mol. The molecule has 1 N–H and O–H groups in total. The Balaban J connectivity index is 2.69. The fraction of sp³-hybridized carbons (Fsp3) is 0.333. The molecule has 2 nitrogen and oxygen atoms in total. The number of aliphatic hydroxyl groups is 1. The SMILES string of the molecule is C#C[C@@H](O)Cc1cccc(COC)c1. The number of methoxy groups -OCH3 is 1. The average Bonchev–Trinajstić information content (AvgIpc) is 2.19. The third-order valence-electron chi connectivity index (χ3n) is 1.92. The van der Waals surface area contributed by atoms with Crippen LogP contribution in [0.25, 0.3) is 0 Å². The van der Waals surface area contributed by atoms with Crippen molar-refractivity contribution in [2.24, 2.45) is 0 Å². The minimum atomic E-state index is -0.701. The molecule has 0 spiro atoms. The van der Waals surface area contributed by atoms with Gasteiger partial charge in [0.25, 0.3) is 0 Å². The van der Waals surface area contributed by atoms with Crippen molar-refractivity contribution >= 4 is 0 Å². The van der Waals surface area contributed by atoms with E-state index in [1.54, 1.807) is 7.11 Å². The monoisotopic (exact) mass is 190 g/mol. The van der Waals surface area contributed by atoms with Crippen LogP contribution in [-0.2, 0) is 17.8 Å². The van der Waals surface area contributed by atoms with Crippen molar-refractivity contribution < 1.29 is 9.84 Å². The number of hydrogen-bond acceptors (Lipinski definition) is 2. The Hall–Kier alpha value is -1.30. The van der Waals surface area contributed by atoms with Gasteiger partial charge in [0.05, 0.1) is 6.61 Å². The summed E-state index contributed by atoms with van der Waals surface area (Å²) in [6, 6.07) is 7.85. The smallest absolute Gasteiger partial charge is 0.118 e. The quantitative estimate of drug-likeness (QED) is 0.727.